The first-order valence-corrected chi connectivity index (χ1v) is 7.79. The molecule has 0 aromatic heterocycles. The van der Waals surface area contributed by atoms with E-state index in [1.807, 2.05) is 18.7 Å². The van der Waals surface area contributed by atoms with Crippen LogP contribution < -0.4 is 5.48 Å². The molecule has 0 saturated carbocycles. The predicted octanol–water partition coefficient (Wildman–Crippen LogP) is 3.12. The third-order valence-electron chi connectivity index (χ3n) is 4.17. The monoisotopic (exact) mass is 284 g/mol. The number of nitrogens with one attached hydrogen (secondary N) is 1. The van der Waals surface area contributed by atoms with E-state index in [0.29, 0.717) is 6.61 Å². The third-order valence-corrected chi connectivity index (χ3v) is 4.17. The first kappa shape index (κ1) is 17.4. The number of hydroxylamine groups is 1. The van der Waals surface area contributed by atoms with Gasteiger partial charge in [0.05, 0.1) is 12.1 Å². The molecule has 1 atom stereocenters. The lowest BCUT2D eigenvalue weighted by molar-refractivity contribution is -0.138. The molecule has 1 N–H and O–H groups in total. The maximum Gasteiger partial charge on any atom is 0.228 e. The number of carbonyl (C=O) groups is 1. The van der Waals surface area contributed by atoms with Crippen molar-refractivity contribution < 1.29 is 9.63 Å². The minimum absolute atomic E-state index is 0.0879. The minimum atomic E-state index is -0.376. The van der Waals surface area contributed by atoms with Gasteiger partial charge in [0.2, 0.25) is 5.91 Å². The highest BCUT2D eigenvalue weighted by molar-refractivity contribution is 5.85. The topological polar surface area (TPSA) is 41.3 Å². The van der Waals surface area contributed by atoms with E-state index in [-0.39, 0.29) is 22.4 Å². The Balaban J connectivity index is 2.58. The minimum Gasteiger partial charge on any atom is -0.333 e. The third kappa shape index (κ3) is 4.19. The highest BCUT2D eigenvalue weighted by atomic mass is 16.6. The summed E-state index contributed by atoms with van der Waals surface area (Å²) in [6, 6.07) is 0. The van der Waals surface area contributed by atoms with Gasteiger partial charge in [-0.2, -0.15) is 5.48 Å². The molecule has 0 aromatic rings. The van der Waals surface area contributed by atoms with E-state index in [1.54, 1.807) is 0 Å². The van der Waals surface area contributed by atoms with Crippen LogP contribution in [-0.2, 0) is 9.63 Å². The number of hydrogen-bond acceptors (Lipinski definition) is 3. The fraction of sp³-hybridized carbons (Fsp3) is 0.938. The molecule has 1 unspecified atom stereocenters. The van der Waals surface area contributed by atoms with Crippen molar-refractivity contribution in [2.45, 2.75) is 78.8 Å². The van der Waals surface area contributed by atoms with E-state index in [4.69, 9.17) is 4.84 Å². The average Bonchev–Trinajstić information content (AvgIpc) is 3.00. The summed E-state index contributed by atoms with van der Waals surface area (Å²) in [5, 5.41) is 0. The first-order valence-electron chi connectivity index (χ1n) is 7.79. The van der Waals surface area contributed by atoms with Gasteiger partial charge < -0.3 is 9.74 Å². The molecule has 0 radical (unpaired) electrons. The molecule has 0 aromatic carbocycles. The van der Waals surface area contributed by atoms with Gasteiger partial charge in [-0.05, 0) is 40.0 Å². The number of hydrogen-bond donors (Lipinski definition) is 1. The second-order valence-corrected chi connectivity index (χ2v) is 7.64. The van der Waals surface area contributed by atoms with Crippen LogP contribution >= 0.6 is 0 Å². The van der Waals surface area contributed by atoms with E-state index >= 15 is 0 Å². The van der Waals surface area contributed by atoms with Gasteiger partial charge in [-0.15, -0.1) is 0 Å². The van der Waals surface area contributed by atoms with Crippen LogP contribution in [0.2, 0.25) is 0 Å². The number of rotatable bonds is 8. The van der Waals surface area contributed by atoms with Crippen LogP contribution in [0.3, 0.4) is 0 Å². The van der Waals surface area contributed by atoms with Gasteiger partial charge in [0.25, 0.3) is 0 Å². The zero-order chi connectivity index (χ0) is 15.6. The average molecular weight is 284 g/mol. The first-order chi connectivity index (χ1) is 9.08. The Labute approximate surface area is 124 Å². The quantitative estimate of drug-likeness (QED) is 0.423. The van der Waals surface area contributed by atoms with Crippen molar-refractivity contribution in [1.29, 1.82) is 0 Å². The van der Waals surface area contributed by atoms with Crippen molar-refractivity contribution in [2.24, 2.45) is 5.41 Å². The summed E-state index contributed by atoms with van der Waals surface area (Å²) in [5.74, 6) is 0.257. The lowest BCUT2D eigenvalue weighted by atomic mass is 9.79. The summed E-state index contributed by atoms with van der Waals surface area (Å²) in [6.07, 6.45) is 2.75. The van der Waals surface area contributed by atoms with Crippen molar-refractivity contribution in [3.8, 4) is 0 Å². The van der Waals surface area contributed by atoms with Crippen molar-refractivity contribution in [1.82, 2.24) is 10.4 Å². The molecule has 4 heteroatoms. The fourth-order valence-electron chi connectivity index (χ4n) is 2.86. The molecule has 4 nitrogen and oxygen atoms in total. The maximum absolute atomic E-state index is 12.7. The van der Waals surface area contributed by atoms with E-state index in [0.717, 1.165) is 25.8 Å². The van der Waals surface area contributed by atoms with Crippen LogP contribution in [-0.4, -0.2) is 35.0 Å². The predicted molar refractivity (Wildman–Crippen MR) is 82.3 cm³/mol. The Morgan fingerprint density at radius 1 is 1.30 bits per heavy atom. The van der Waals surface area contributed by atoms with Gasteiger partial charge in [-0.25, -0.2) is 0 Å². The van der Waals surface area contributed by atoms with Gasteiger partial charge in [0, 0.05) is 17.5 Å². The second kappa shape index (κ2) is 6.02. The molecule has 1 heterocycles. The molecule has 1 aliphatic heterocycles. The van der Waals surface area contributed by atoms with Gasteiger partial charge in [-0.1, -0.05) is 27.7 Å². The van der Waals surface area contributed by atoms with Crippen molar-refractivity contribution in [3.05, 3.63) is 0 Å². The summed E-state index contributed by atoms with van der Waals surface area (Å²) < 4.78 is 0. The highest BCUT2D eigenvalue weighted by Gasteiger charge is 2.53. The molecule has 1 saturated heterocycles. The molecule has 1 fully saturated rings. The Bertz CT molecular complexity index is 352. The molecule has 1 aliphatic rings. The SMILES string of the molecule is CCCONC(C)(C)CC(C)(C)C(=O)N1CC1(C)CC. The van der Waals surface area contributed by atoms with Crippen LogP contribution in [0, 0.1) is 5.41 Å². The standard InChI is InChI=1S/C16H32N2O2/c1-8-10-20-17-15(5,6)11-14(3,4)13(19)18-12-16(18,7)9-2/h17H,8-12H2,1-7H3. The van der Waals surface area contributed by atoms with Gasteiger partial charge in [0.15, 0.2) is 0 Å². The summed E-state index contributed by atoms with van der Waals surface area (Å²) in [5.41, 5.74) is 2.59. The maximum atomic E-state index is 12.7. The highest BCUT2D eigenvalue weighted by Crippen LogP contribution is 2.41. The Hall–Kier alpha value is -0.610. The molecule has 20 heavy (non-hydrogen) atoms. The Kier molecular flexibility index (Phi) is 5.25. The Morgan fingerprint density at radius 2 is 1.90 bits per heavy atom. The fourth-order valence-corrected chi connectivity index (χ4v) is 2.86. The molecular formula is C16H32N2O2. The molecular weight excluding hydrogens is 252 g/mol. The van der Waals surface area contributed by atoms with E-state index < -0.39 is 0 Å². The molecule has 1 amide bonds. The van der Waals surface area contributed by atoms with Crippen LogP contribution in [0.25, 0.3) is 0 Å². The number of carbonyl (C=O) groups excluding carboxylic acids is 1. The summed E-state index contributed by atoms with van der Waals surface area (Å²) in [4.78, 5) is 20.1. The second-order valence-electron chi connectivity index (χ2n) is 7.64. The molecule has 0 spiro atoms. The number of amides is 1. The molecule has 118 valence electrons. The van der Waals surface area contributed by atoms with Crippen LogP contribution in [0.5, 0.6) is 0 Å². The summed E-state index contributed by atoms with van der Waals surface area (Å²) in [6.45, 7) is 16.2. The Morgan fingerprint density at radius 3 is 2.35 bits per heavy atom. The zero-order valence-corrected chi connectivity index (χ0v) is 14.3. The molecule has 0 aliphatic carbocycles. The largest absolute Gasteiger partial charge is 0.333 e. The molecule has 0 bridgehead atoms. The summed E-state index contributed by atoms with van der Waals surface area (Å²) in [7, 11) is 0. The van der Waals surface area contributed by atoms with Gasteiger partial charge in [-0.3, -0.25) is 4.79 Å². The van der Waals surface area contributed by atoms with Gasteiger partial charge in [0.1, 0.15) is 0 Å². The normalized spacial score (nSPS) is 23.1. The van der Waals surface area contributed by atoms with Crippen LogP contribution in [0.15, 0.2) is 0 Å². The van der Waals surface area contributed by atoms with Gasteiger partial charge >= 0.3 is 0 Å². The lowest BCUT2D eigenvalue weighted by Crippen LogP contribution is -2.46. The van der Waals surface area contributed by atoms with Crippen LogP contribution in [0.1, 0.15) is 67.7 Å². The lowest BCUT2D eigenvalue weighted by Gasteiger charge is -2.35. The van der Waals surface area contributed by atoms with E-state index in [1.165, 1.54) is 0 Å². The summed E-state index contributed by atoms with van der Waals surface area (Å²) >= 11 is 0. The van der Waals surface area contributed by atoms with E-state index in [9.17, 15) is 4.79 Å². The van der Waals surface area contributed by atoms with Crippen molar-refractivity contribution in [3.63, 3.8) is 0 Å². The molecule has 1 rings (SSSR count). The smallest absolute Gasteiger partial charge is 0.228 e. The number of nitrogens with zero attached hydrogens (tertiary/aromatic N) is 1. The zero-order valence-electron chi connectivity index (χ0n) is 14.3. The van der Waals surface area contributed by atoms with Crippen molar-refractivity contribution >= 4 is 5.91 Å². The van der Waals surface area contributed by atoms with E-state index in [2.05, 4.69) is 40.1 Å². The van der Waals surface area contributed by atoms with Crippen molar-refractivity contribution in [2.75, 3.05) is 13.2 Å². The van der Waals surface area contributed by atoms with Crippen LogP contribution in [0.4, 0.5) is 0 Å².